The number of carbonyl (C=O) groups is 2. The Morgan fingerprint density at radius 1 is 1.22 bits per heavy atom. The van der Waals surface area contributed by atoms with Crippen molar-refractivity contribution in [2.75, 3.05) is 13.1 Å². The Morgan fingerprint density at radius 3 is 2.66 bits per heavy atom. The van der Waals surface area contributed by atoms with Gasteiger partial charge in [0.2, 0.25) is 5.91 Å². The first-order chi connectivity index (χ1) is 19.4. The third kappa shape index (κ3) is 6.47. The predicted octanol–water partition coefficient (Wildman–Crippen LogP) is 5.30. The molecule has 12 heteroatoms. The molecule has 1 atom stereocenters. The van der Waals surface area contributed by atoms with E-state index in [1.807, 2.05) is 0 Å². The molecule has 1 aromatic carbocycles. The van der Waals surface area contributed by atoms with Gasteiger partial charge in [-0.3, -0.25) is 14.6 Å². The second-order valence-electron chi connectivity index (χ2n) is 10.4. The van der Waals surface area contributed by atoms with Gasteiger partial charge < -0.3 is 20.4 Å². The number of nitrogens with one attached hydrogen (secondary N) is 1. The van der Waals surface area contributed by atoms with Crippen LogP contribution in [0.25, 0.3) is 22.2 Å². The molecule has 214 valence electrons. The molecule has 0 saturated carbocycles. The number of benzene rings is 1. The molecule has 3 aromatic rings. The average Bonchev–Trinajstić information content (AvgIpc) is 3.52. The third-order valence-electron chi connectivity index (χ3n) is 6.94. The minimum absolute atomic E-state index is 0.0263. The van der Waals surface area contributed by atoms with E-state index < -0.39 is 23.3 Å². The molecule has 2 amide bonds. The molecule has 8 nitrogen and oxygen atoms in total. The highest BCUT2D eigenvalue weighted by Gasteiger charge is 2.37. The SMILES string of the molecule is CC1(F)CCN(C(=O)c2ccc(-c3cc(C(F)(F)F)c4oc(CNC(=O)/C=C\C5=CN=C(N)CC5)cc4c3)nc2)C1. The van der Waals surface area contributed by atoms with Crippen molar-refractivity contribution in [2.24, 2.45) is 10.7 Å². The number of carbonyl (C=O) groups excluding carboxylic acids is 2. The molecule has 1 unspecified atom stereocenters. The fraction of sp³-hybridized carbons (Fsp3) is 0.310. The lowest BCUT2D eigenvalue weighted by molar-refractivity contribution is -0.136. The first-order valence-corrected chi connectivity index (χ1v) is 12.9. The second kappa shape index (κ2) is 10.8. The molecule has 2 aliphatic rings. The molecule has 2 aromatic heterocycles. The Bertz CT molecular complexity index is 1590. The maximum absolute atomic E-state index is 14.1. The summed E-state index contributed by atoms with van der Waals surface area (Å²) in [6, 6.07) is 6.78. The van der Waals surface area contributed by atoms with E-state index in [1.165, 1.54) is 48.4 Å². The van der Waals surface area contributed by atoms with Crippen LogP contribution in [-0.2, 0) is 17.5 Å². The number of likely N-dealkylation sites (tertiary alicyclic amines) is 1. The van der Waals surface area contributed by atoms with Crippen LogP contribution in [0.5, 0.6) is 0 Å². The van der Waals surface area contributed by atoms with Crippen LogP contribution in [0.15, 0.2) is 69.9 Å². The number of furan rings is 1. The van der Waals surface area contributed by atoms with Gasteiger partial charge in [0.15, 0.2) is 0 Å². The number of hydrogen-bond acceptors (Lipinski definition) is 6. The fourth-order valence-corrected chi connectivity index (χ4v) is 4.73. The number of allylic oxidation sites excluding steroid dienone is 2. The van der Waals surface area contributed by atoms with Crippen molar-refractivity contribution in [3.63, 3.8) is 0 Å². The molecule has 4 heterocycles. The first kappa shape index (κ1) is 28.1. The maximum atomic E-state index is 14.1. The topological polar surface area (TPSA) is 114 Å². The molecule has 2 aliphatic heterocycles. The number of aliphatic imine (C=N–C) groups is 1. The van der Waals surface area contributed by atoms with Crippen LogP contribution < -0.4 is 11.1 Å². The number of halogens is 4. The van der Waals surface area contributed by atoms with Gasteiger partial charge in [0.05, 0.1) is 35.7 Å². The van der Waals surface area contributed by atoms with Crippen LogP contribution in [0.2, 0.25) is 0 Å². The van der Waals surface area contributed by atoms with Gasteiger partial charge in [-0.2, -0.15) is 13.2 Å². The van der Waals surface area contributed by atoms with Gasteiger partial charge >= 0.3 is 6.18 Å². The summed E-state index contributed by atoms with van der Waals surface area (Å²) in [6.07, 6.45) is 2.52. The Labute approximate surface area is 232 Å². The van der Waals surface area contributed by atoms with Gasteiger partial charge in [-0.1, -0.05) is 6.08 Å². The van der Waals surface area contributed by atoms with Gasteiger partial charge in [0.1, 0.15) is 17.0 Å². The van der Waals surface area contributed by atoms with Gasteiger partial charge in [0.25, 0.3) is 5.91 Å². The quantitative estimate of drug-likeness (QED) is 0.309. The lowest BCUT2D eigenvalue weighted by atomic mass is 10.0. The van der Waals surface area contributed by atoms with Crippen molar-refractivity contribution >= 4 is 28.6 Å². The summed E-state index contributed by atoms with van der Waals surface area (Å²) in [6.45, 7) is 1.56. The number of fused-ring (bicyclic) bond motifs is 1. The van der Waals surface area contributed by atoms with Crippen LogP contribution in [-0.4, -0.2) is 46.3 Å². The van der Waals surface area contributed by atoms with E-state index in [0.29, 0.717) is 18.7 Å². The monoisotopic (exact) mass is 569 g/mol. The number of hydrogen-bond donors (Lipinski definition) is 2. The minimum Gasteiger partial charge on any atom is -0.459 e. The second-order valence-corrected chi connectivity index (χ2v) is 10.4. The zero-order valence-electron chi connectivity index (χ0n) is 22.1. The molecule has 0 aliphatic carbocycles. The van der Waals surface area contributed by atoms with Crippen molar-refractivity contribution in [1.82, 2.24) is 15.2 Å². The summed E-state index contributed by atoms with van der Waals surface area (Å²) in [5.41, 5.74) is 4.24. The Morgan fingerprint density at radius 2 is 2.02 bits per heavy atom. The smallest absolute Gasteiger partial charge is 0.420 e. The Balaban J connectivity index is 1.34. The highest BCUT2D eigenvalue weighted by Crippen LogP contribution is 2.39. The number of alkyl halides is 4. The van der Waals surface area contributed by atoms with Crippen molar-refractivity contribution in [1.29, 1.82) is 0 Å². The summed E-state index contributed by atoms with van der Waals surface area (Å²) in [5.74, 6) is -0.181. The van der Waals surface area contributed by atoms with Crippen molar-refractivity contribution < 1.29 is 31.6 Å². The average molecular weight is 570 g/mol. The molecule has 0 spiro atoms. The Hall–Kier alpha value is -4.48. The van der Waals surface area contributed by atoms with Gasteiger partial charge in [-0.25, -0.2) is 9.38 Å². The lowest BCUT2D eigenvalue weighted by Gasteiger charge is -2.17. The van der Waals surface area contributed by atoms with E-state index >= 15 is 0 Å². The van der Waals surface area contributed by atoms with E-state index in [2.05, 4.69) is 15.3 Å². The largest absolute Gasteiger partial charge is 0.459 e. The first-order valence-electron chi connectivity index (χ1n) is 12.9. The number of amides is 2. The summed E-state index contributed by atoms with van der Waals surface area (Å²) in [7, 11) is 0. The molecule has 0 radical (unpaired) electrons. The molecule has 5 rings (SSSR count). The molecule has 1 fully saturated rings. The lowest BCUT2D eigenvalue weighted by Crippen LogP contribution is -2.31. The molecule has 41 heavy (non-hydrogen) atoms. The highest BCUT2D eigenvalue weighted by atomic mass is 19.4. The van der Waals surface area contributed by atoms with Crippen molar-refractivity contribution in [2.45, 2.75) is 44.6 Å². The zero-order valence-corrected chi connectivity index (χ0v) is 22.1. The van der Waals surface area contributed by atoms with Gasteiger partial charge in [-0.05, 0) is 49.2 Å². The summed E-state index contributed by atoms with van der Waals surface area (Å²) in [4.78, 5) is 34.5. The molecule has 3 N–H and O–H groups in total. The number of nitrogens with two attached hydrogens (primary N) is 1. The summed E-state index contributed by atoms with van der Waals surface area (Å²) in [5, 5.41) is 2.78. The third-order valence-corrected chi connectivity index (χ3v) is 6.94. The normalized spacial score (nSPS) is 19.5. The van der Waals surface area contributed by atoms with E-state index in [9.17, 15) is 27.2 Å². The van der Waals surface area contributed by atoms with Gasteiger partial charge in [-0.15, -0.1) is 0 Å². The van der Waals surface area contributed by atoms with Gasteiger partial charge in [0, 0.05) is 48.8 Å². The number of amidine groups is 1. The van der Waals surface area contributed by atoms with Crippen LogP contribution in [0.4, 0.5) is 17.6 Å². The number of nitrogens with zero attached hydrogens (tertiary/aromatic N) is 3. The van der Waals surface area contributed by atoms with E-state index in [-0.39, 0.29) is 65.5 Å². The molecule has 1 saturated heterocycles. The van der Waals surface area contributed by atoms with E-state index in [4.69, 9.17) is 10.2 Å². The number of aromatic nitrogens is 1. The predicted molar refractivity (Wildman–Crippen MR) is 144 cm³/mol. The van der Waals surface area contributed by atoms with Crippen LogP contribution in [0, 0.1) is 0 Å². The molecule has 0 bridgehead atoms. The fourth-order valence-electron chi connectivity index (χ4n) is 4.73. The van der Waals surface area contributed by atoms with E-state index in [1.54, 1.807) is 12.3 Å². The van der Waals surface area contributed by atoms with Crippen molar-refractivity contribution in [3.05, 3.63) is 77.3 Å². The highest BCUT2D eigenvalue weighted by molar-refractivity contribution is 5.95. The summed E-state index contributed by atoms with van der Waals surface area (Å²) >= 11 is 0. The van der Waals surface area contributed by atoms with Crippen LogP contribution in [0.3, 0.4) is 0 Å². The molecular formula is C29H27F4N5O3. The maximum Gasteiger partial charge on any atom is 0.420 e. The Kier molecular flexibility index (Phi) is 7.41. The van der Waals surface area contributed by atoms with Crippen molar-refractivity contribution in [3.8, 4) is 11.3 Å². The zero-order chi connectivity index (χ0) is 29.4. The number of pyridine rings is 1. The van der Waals surface area contributed by atoms with Crippen LogP contribution in [0.1, 0.15) is 47.9 Å². The van der Waals surface area contributed by atoms with E-state index in [0.717, 1.165) is 11.6 Å². The summed E-state index contributed by atoms with van der Waals surface area (Å²) < 4.78 is 61.6. The minimum atomic E-state index is -4.72. The number of rotatable bonds is 6. The molecular weight excluding hydrogens is 542 g/mol. The standard InChI is InChI=1S/C29H27F4N5O3/c1-28(30)8-9-38(16-28)27(40)18-4-5-23(35-14-18)19-10-20-11-21(41-26(20)22(12-19)29(31,32)33)15-37-25(39)7-3-17-2-6-24(34)36-13-17/h3-5,7,10-14H,2,6,8-9,15-16H2,1H3,(H2,34,36)(H,37,39)/b7-3-. The van der Waals surface area contributed by atoms with Crippen LogP contribution >= 0.6 is 0 Å².